The fourth-order valence-electron chi connectivity index (χ4n) is 3.25. The Kier molecular flexibility index (Phi) is 6.51. The van der Waals surface area contributed by atoms with E-state index in [4.69, 9.17) is 4.84 Å². The van der Waals surface area contributed by atoms with Crippen molar-refractivity contribution in [2.45, 2.75) is 11.3 Å². The molecule has 0 saturated carbocycles. The zero-order chi connectivity index (χ0) is 21.0. The fraction of sp³-hybridized carbons (Fsp3) is 0.350. The quantitative estimate of drug-likeness (QED) is 0.694. The largest absolute Gasteiger partial charge is 0.371 e. The number of hydrogen-bond acceptors (Lipinski definition) is 5. The second-order valence-electron chi connectivity index (χ2n) is 6.91. The fourth-order valence-corrected chi connectivity index (χ4v) is 4.22. The molecule has 1 N–H and O–H groups in total. The van der Waals surface area contributed by atoms with Crippen LogP contribution >= 0.6 is 0 Å². The molecule has 2 aromatic carbocycles. The van der Waals surface area contributed by atoms with Crippen LogP contribution in [0.2, 0.25) is 0 Å². The molecule has 3 rings (SSSR count). The number of carbonyl (C=O) groups excluding carboxylic acids is 1. The summed E-state index contributed by atoms with van der Waals surface area (Å²) in [6.07, 6.45) is 0.929. The van der Waals surface area contributed by atoms with Crippen LogP contribution in [0, 0.1) is 11.7 Å². The van der Waals surface area contributed by atoms with Crippen molar-refractivity contribution in [3.63, 3.8) is 0 Å². The minimum absolute atomic E-state index is 0.0455. The van der Waals surface area contributed by atoms with Crippen LogP contribution in [-0.4, -0.2) is 52.6 Å². The van der Waals surface area contributed by atoms with Gasteiger partial charge in [0.05, 0.1) is 12.0 Å². The van der Waals surface area contributed by atoms with Crippen LogP contribution in [-0.2, 0) is 14.9 Å². The van der Waals surface area contributed by atoms with Crippen LogP contribution < -0.4 is 10.2 Å². The van der Waals surface area contributed by atoms with Gasteiger partial charge in [-0.05, 0) is 60.9 Å². The maximum atomic E-state index is 13.1. The molecule has 2 aromatic rings. The monoisotopic (exact) mass is 421 g/mol. The summed E-state index contributed by atoms with van der Waals surface area (Å²) in [4.78, 5) is 19.3. The first-order valence-electron chi connectivity index (χ1n) is 9.23. The maximum Gasteiger partial charge on any atom is 0.264 e. The van der Waals surface area contributed by atoms with Crippen molar-refractivity contribution >= 4 is 21.6 Å². The maximum absolute atomic E-state index is 13.1. The molecule has 1 heterocycles. The van der Waals surface area contributed by atoms with Crippen LogP contribution in [0.5, 0.6) is 0 Å². The van der Waals surface area contributed by atoms with Crippen LogP contribution in [0.4, 0.5) is 10.1 Å². The third kappa shape index (κ3) is 4.92. The summed E-state index contributed by atoms with van der Waals surface area (Å²) < 4.78 is 38.2. The minimum atomic E-state index is -3.74. The molecular formula is C20H24FN3O4S. The van der Waals surface area contributed by atoms with E-state index in [1.54, 1.807) is 12.1 Å². The Hall–Kier alpha value is -2.49. The molecule has 29 heavy (non-hydrogen) atoms. The Morgan fingerprint density at radius 2 is 1.86 bits per heavy atom. The van der Waals surface area contributed by atoms with Crippen LogP contribution in [0.1, 0.15) is 16.8 Å². The highest BCUT2D eigenvalue weighted by Crippen LogP contribution is 2.23. The van der Waals surface area contributed by atoms with Gasteiger partial charge in [0, 0.05) is 37.9 Å². The molecule has 0 radical (unpaired) electrons. The van der Waals surface area contributed by atoms with E-state index in [1.165, 1.54) is 50.6 Å². The number of benzene rings is 2. The van der Waals surface area contributed by atoms with Crippen LogP contribution in [0.25, 0.3) is 0 Å². The van der Waals surface area contributed by atoms with Crippen molar-refractivity contribution in [2.75, 3.05) is 38.7 Å². The summed E-state index contributed by atoms with van der Waals surface area (Å²) in [5, 5.41) is 2.90. The zero-order valence-corrected chi connectivity index (χ0v) is 17.2. The molecule has 156 valence electrons. The molecule has 7 nitrogen and oxygen atoms in total. The third-order valence-electron chi connectivity index (χ3n) is 5.04. The van der Waals surface area contributed by atoms with E-state index in [9.17, 15) is 17.6 Å². The molecule has 9 heteroatoms. The molecule has 1 fully saturated rings. The highest BCUT2D eigenvalue weighted by Gasteiger charge is 2.24. The van der Waals surface area contributed by atoms with Gasteiger partial charge < -0.3 is 10.2 Å². The Morgan fingerprint density at radius 3 is 2.48 bits per heavy atom. The number of anilines is 1. The van der Waals surface area contributed by atoms with E-state index in [2.05, 4.69) is 10.2 Å². The van der Waals surface area contributed by atoms with E-state index in [0.29, 0.717) is 18.0 Å². The summed E-state index contributed by atoms with van der Waals surface area (Å²) in [5.74, 6) is -0.224. The lowest BCUT2D eigenvalue weighted by Gasteiger charge is -2.19. The lowest BCUT2D eigenvalue weighted by atomic mass is 10.1. The number of nitrogens with zero attached hydrogens (tertiary/aromatic N) is 2. The number of rotatable bonds is 7. The van der Waals surface area contributed by atoms with E-state index in [0.717, 1.165) is 29.7 Å². The molecule has 1 aliphatic rings. The first-order valence-corrected chi connectivity index (χ1v) is 10.7. The molecule has 0 spiro atoms. The van der Waals surface area contributed by atoms with Crippen molar-refractivity contribution in [1.29, 1.82) is 0 Å². The van der Waals surface area contributed by atoms with Crippen molar-refractivity contribution in [2.24, 2.45) is 5.92 Å². The Balaban J connectivity index is 1.54. The lowest BCUT2D eigenvalue weighted by molar-refractivity contribution is -0.0258. The molecular weight excluding hydrogens is 397 g/mol. The standard InChI is InChI=1S/C20H24FN3O4S/c1-23(28-2)29(26,27)19-9-3-16(4-10-19)20(25)22-13-15-11-12-24(14-15)18-7-5-17(21)6-8-18/h3-10,15H,11-14H2,1-2H3,(H,22,25)/t15-/m1/s1. The second kappa shape index (κ2) is 8.89. The Bertz CT molecular complexity index is 949. The van der Waals surface area contributed by atoms with Gasteiger partial charge >= 0.3 is 0 Å². The molecule has 1 saturated heterocycles. The topological polar surface area (TPSA) is 78.9 Å². The highest BCUT2D eigenvalue weighted by molar-refractivity contribution is 7.89. The third-order valence-corrected chi connectivity index (χ3v) is 6.73. The lowest BCUT2D eigenvalue weighted by Crippen LogP contribution is -2.31. The summed E-state index contributed by atoms with van der Waals surface area (Å²) >= 11 is 0. The first kappa shape index (κ1) is 21.2. The predicted molar refractivity (Wildman–Crippen MR) is 107 cm³/mol. The smallest absolute Gasteiger partial charge is 0.264 e. The number of carbonyl (C=O) groups is 1. The van der Waals surface area contributed by atoms with Gasteiger partial charge in [0.15, 0.2) is 0 Å². The summed E-state index contributed by atoms with van der Waals surface area (Å²) in [5.41, 5.74) is 1.36. The molecule has 1 atom stereocenters. The van der Waals surface area contributed by atoms with E-state index >= 15 is 0 Å². The number of halogens is 1. The number of nitrogens with one attached hydrogen (secondary N) is 1. The summed E-state index contributed by atoms with van der Waals surface area (Å²) in [6, 6.07) is 12.1. The molecule has 0 aromatic heterocycles. The van der Waals surface area contributed by atoms with Gasteiger partial charge in [-0.3, -0.25) is 9.63 Å². The minimum Gasteiger partial charge on any atom is -0.371 e. The van der Waals surface area contributed by atoms with Crippen molar-refractivity contribution in [3.05, 3.63) is 59.9 Å². The highest BCUT2D eigenvalue weighted by atomic mass is 32.2. The van der Waals surface area contributed by atoms with Crippen LogP contribution in [0.3, 0.4) is 0 Å². The summed E-state index contributed by atoms with van der Waals surface area (Å²) in [7, 11) is -1.18. The number of hydrogen-bond donors (Lipinski definition) is 1. The number of hydroxylamine groups is 1. The summed E-state index contributed by atoms with van der Waals surface area (Å²) in [6.45, 7) is 2.15. The normalized spacial score (nSPS) is 17.0. The van der Waals surface area contributed by atoms with E-state index in [1.807, 2.05) is 0 Å². The molecule has 0 bridgehead atoms. The average Bonchev–Trinajstić information content (AvgIpc) is 3.21. The molecule has 1 aliphatic heterocycles. The van der Waals surface area contributed by atoms with Gasteiger partial charge in [0.1, 0.15) is 5.82 Å². The Morgan fingerprint density at radius 1 is 1.21 bits per heavy atom. The first-order chi connectivity index (χ1) is 13.8. The average molecular weight is 421 g/mol. The molecule has 1 amide bonds. The van der Waals surface area contributed by atoms with Gasteiger partial charge in [-0.15, -0.1) is 0 Å². The number of amides is 1. The van der Waals surface area contributed by atoms with E-state index < -0.39 is 10.0 Å². The van der Waals surface area contributed by atoms with Crippen LogP contribution in [0.15, 0.2) is 53.4 Å². The van der Waals surface area contributed by atoms with Crippen molar-refractivity contribution < 1.29 is 22.4 Å². The van der Waals surface area contributed by atoms with E-state index in [-0.39, 0.29) is 16.6 Å². The Labute approximate surface area is 170 Å². The second-order valence-corrected chi connectivity index (χ2v) is 8.84. The molecule has 0 unspecified atom stereocenters. The zero-order valence-electron chi connectivity index (χ0n) is 16.3. The number of sulfonamides is 1. The predicted octanol–water partition coefficient (Wildman–Crippen LogP) is 2.26. The van der Waals surface area contributed by atoms with Gasteiger partial charge in [-0.1, -0.05) is 4.47 Å². The SMILES string of the molecule is CON(C)S(=O)(=O)c1ccc(C(=O)NC[C@H]2CCN(c3ccc(F)cc3)C2)cc1. The van der Waals surface area contributed by atoms with Gasteiger partial charge in [-0.2, -0.15) is 0 Å². The molecule has 0 aliphatic carbocycles. The van der Waals surface area contributed by atoms with Gasteiger partial charge in [0.25, 0.3) is 15.9 Å². The van der Waals surface area contributed by atoms with Gasteiger partial charge in [-0.25, -0.2) is 12.8 Å². The van der Waals surface area contributed by atoms with Gasteiger partial charge in [0.2, 0.25) is 0 Å². The van der Waals surface area contributed by atoms with Crippen molar-refractivity contribution in [1.82, 2.24) is 9.79 Å². The van der Waals surface area contributed by atoms with Crippen molar-refractivity contribution in [3.8, 4) is 0 Å².